The molecule has 6 nitrogen and oxygen atoms in total. The highest BCUT2D eigenvalue weighted by molar-refractivity contribution is 6.30. The number of carbonyl (C=O) groups excluding carboxylic acids is 1. The van der Waals surface area contributed by atoms with Crippen LogP contribution in [0.4, 0.5) is 4.39 Å². The minimum Gasteiger partial charge on any atom is -0.354 e. The van der Waals surface area contributed by atoms with E-state index in [9.17, 15) is 18.8 Å². The van der Waals surface area contributed by atoms with E-state index in [4.69, 9.17) is 11.6 Å². The van der Waals surface area contributed by atoms with E-state index in [1.54, 1.807) is 17.1 Å². The minimum atomic E-state index is -1.12. The molecule has 0 unspecified atom stereocenters. The van der Waals surface area contributed by atoms with Gasteiger partial charge in [0.25, 0.3) is 5.56 Å². The lowest BCUT2D eigenvalue weighted by molar-refractivity contribution is -0.121. The molecule has 0 radical (unpaired) electrons. The van der Waals surface area contributed by atoms with Crippen LogP contribution < -0.4 is 16.6 Å². The lowest BCUT2D eigenvalue weighted by atomic mass is 10.1. The fourth-order valence-electron chi connectivity index (χ4n) is 1.85. The number of hydrogen-bond acceptors (Lipinski definition) is 3. The van der Waals surface area contributed by atoms with Crippen LogP contribution >= 0.6 is 11.6 Å². The summed E-state index contributed by atoms with van der Waals surface area (Å²) in [7, 11) is 0. The Labute approximate surface area is 129 Å². The van der Waals surface area contributed by atoms with Crippen molar-refractivity contribution in [3.8, 4) is 0 Å². The zero-order chi connectivity index (χ0) is 16.1. The highest BCUT2D eigenvalue weighted by Gasteiger charge is 2.08. The molecule has 0 aliphatic heterocycles. The zero-order valence-electron chi connectivity index (χ0n) is 11.4. The molecule has 0 spiro atoms. The van der Waals surface area contributed by atoms with E-state index in [1.807, 2.05) is 12.1 Å². The molecule has 2 N–H and O–H groups in total. The predicted octanol–water partition coefficient (Wildman–Crippen LogP) is 0.688. The molecule has 0 saturated carbocycles. The molecule has 0 atom stereocenters. The van der Waals surface area contributed by atoms with Gasteiger partial charge in [-0.3, -0.25) is 19.1 Å². The summed E-state index contributed by atoms with van der Waals surface area (Å²) in [5, 5.41) is 3.21. The van der Waals surface area contributed by atoms with Gasteiger partial charge in [0.05, 0.1) is 6.20 Å². The van der Waals surface area contributed by atoms with E-state index in [0.717, 1.165) is 10.1 Å². The van der Waals surface area contributed by atoms with E-state index >= 15 is 0 Å². The summed E-state index contributed by atoms with van der Waals surface area (Å²) in [6.45, 7) is -0.0260. The minimum absolute atomic E-state index is 0.347. The van der Waals surface area contributed by atoms with E-state index in [-0.39, 0.29) is 6.54 Å². The first kappa shape index (κ1) is 16.0. The van der Waals surface area contributed by atoms with Crippen LogP contribution in [0, 0.1) is 5.82 Å². The summed E-state index contributed by atoms with van der Waals surface area (Å²) in [5.41, 5.74) is -0.987. The number of halogens is 2. The summed E-state index contributed by atoms with van der Waals surface area (Å²) in [5.74, 6) is -1.58. The molecule has 116 valence electrons. The maximum absolute atomic E-state index is 13.1. The number of H-pyrrole nitrogens is 1. The molecule has 1 aromatic heterocycles. The van der Waals surface area contributed by atoms with Crippen LogP contribution in [0.5, 0.6) is 0 Å². The van der Waals surface area contributed by atoms with Gasteiger partial charge in [-0.1, -0.05) is 23.7 Å². The normalized spacial score (nSPS) is 10.5. The van der Waals surface area contributed by atoms with Crippen molar-refractivity contribution in [2.75, 3.05) is 6.54 Å². The molecule has 0 bridgehead atoms. The summed E-state index contributed by atoms with van der Waals surface area (Å²) in [4.78, 5) is 35.8. The first-order chi connectivity index (χ1) is 10.5. The second kappa shape index (κ2) is 7.04. The Morgan fingerprint density at radius 2 is 2.14 bits per heavy atom. The number of aromatic nitrogens is 2. The third-order valence-corrected chi connectivity index (χ3v) is 3.14. The molecule has 2 rings (SSSR count). The first-order valence-corrected chi connectivity index (χ1v) is 6.84. The second-order valence-corrected chi connectivity index (χ2v) is 5.03. The highest BCUT2D eigenvalue weighted by Crippen LogP contribution is 2.10. The van der Waals surface area contributed by atoms with E-state index in [2.05, 4.69) is 5.32 Å². The molecular formula is C14H13ClFN3O3. The number of amides is 1. The Kier molecular flexibility index (Phi) is 5.11. The molecule has 1 heterocycles. The SMILES string of the molecule is O=C(Cn1cc(F)c(=O)[nH]c1=O)NCCc1cccc(Cl)c1. The monoisotopic (exact) mass is 325 g/mol. The average molecular weight is 326 g/mol. The van der Waals surface area contributed by atoms with Crippen molar-refractivity contribution < 1.29 is 9.18 Å². The largest absolute Gasteiger partial charge is 0.354 e. The number of nitrogens with zero attached hydrogens (tertiary/aromatic N) is 1. The molecular weight excluding hydrogens is 313 g/mol. The average Bonchev–Trinajstić information content (AvgIpc) is 2.45. The molecule has 0 aliphatic rings. The van der Waals surface area contributed by atoms with Gasteiger partial charge in [-0.15, -0.1) is 0 Å². The zero-order valence-corrected chi connectivity index (χ0v) is 12.2. The summed E-state index contributed by atoms with van der Waals surface area (Å²) in [6.07, 6.45) is 1.28. The van der Waals surface area contributed by atoms with Crippen LogP contribution in [0.3, 0.4) is 0 Å². The maximum atomic E-state index is 13.1. The van der Waals surface area contributed by atoms with Crippen molar-refractivity contribution in [2.45, 2.75) is 13.0 Å². The third kappa shape index (κ3) is 4.29. The maximum Gasteiger partial charge on any atom is 0.328 e. The summed E-state index contributed by atoms with van der Waals surface area (Å²) >= 11 is 5.85. The third-order valence-electron chi connectivity index (χ3n) is 2.91. The van der Waals surface area contributed by atoms with Gasteiger partial charge in [-0.2, -0.15) is 4.39 Å². The molecule has 2 aromatic rings. The van der Waals surface area contributed by atoms with Gasteiger partial charge >= 0.3 is 5.69 Å². The number of benzene rings is 1. The van der Waals surface area contributed by atoms with Crippen LogP contribution in [-0.4, -0.2) is 22.0 Å². The van der Waals surface area contributed by atoms with Crippen LogP contribution in [-0.2, 0) is 17.8 Å². The van der Waals surface area contributed by atoms with Crippen molar-refractivity contribution in [1.82, 2.24) is 14.9 Å². The van der Waals surface area contributed by atoms with Crippen LogP contribution in [0.1, 0.15) is 5.56 Å². The number of nitrogens with one attached hydrogen (secondary N) is 2. The predicted molar refractivity (Wildman–Crippen MR) is 79.4 cm³/mol. The summed E-state index contributed by atoms with van der Waals surface area (Å²) in [6, 6.07) is 7.22. The Morgan fingerprint density at radius 1 is 1.36 bits per heavy atom. The number of carbonyl (C=O) groups is 1. The van der Waals surface area contributed by atoms with E-state index in [0.29, 0.717) is 24.2 Å². The summed E-state index contributed by atoms with van der Waals surface area (Å²) < 4.78 is 13.9. The molecule has 8 heteroatoms. The number of aromatic amines is 1. The van der Waals surface area contributed by atoms with Crippen molar-refractivity contribution in [3.63, 3.8) is 0 Å². The van der Waals surface area contributed by atoms with Crippen molar-refractivity contribution in [1.29, 1.82) is 0 Å². The van der Waals surface area contributed by atoms with Gasteiger partial charge in [-0.05, 0) is 24.1 Å². The molecule has 0 fully saturated rings. The van der Waals surface area contributed by atoms with Gasteiger partial charge in [-0.25, -0.2) is 4.79 Å². The lowest BCUT2D eigenvalue weighted by Crippen LogP contribution is -2.37. The fraction of sp³-hybridized carbons (Fsp3) is 0.214. The van der Waals surface area contributed by atoms with Crippen molar-refractivity contribution in [2.24, 2.45) is 0 Å². The van der Waals surface area contributed by atoms with E-state index in [1.165, 1.54) is 0 Å². The number of rotatable bonds is 5. The Hall–Kier alpha value is -2.41. The standard InChI is InChI=1S/C14H13ClFN3O3/c15-10-3-1-2-9(6-10)4-5-17-12(20)8-19-7-11(16)13(21)18-14(19)22/h1-3,6-7H,4-5,8H2,(H,17,20)(H,18,21,22). The van der Waals surface area contributed by atoms with Crippen LogP contribution in [0.15, 0.2) is 40.1 Å². The molecule has 0 aliphatic carbocycles. The van der Waals surface area contributed by atoms with Gasteiger partial charge in [0.15, 0.2) is 0 Å². The Morgan fingerprint density at radius 3 is 2.86 bits per heavy atom. The van der Waals surface area contributed by atoms with E-state index < -0.39 is 23.0 Å². The second-order valence-electron chi connectivity index (χ2n) is 4.59. The number of hydrogen-bond donors (Lipinski definition) is 2. The lowest BCUT2D eigenvalue weighted by Gasteiger charge is -2.07. The molecule has 1 aromatic carbocycles. The quantitative estimate of drug-likeness (QED) is 0.848. The Bertz CT molecular complexity index is 800. The molecule has 1 amide bonds. The van der Waals surface area contributed by atoms with Crippen molar-refractivity contribution >= 4 is 17.5 Å². The first-order valence-electron chi connectivity index (χ1n) is 6.46. The topological polar surface area (TPSA) is 84.0 Å². The van der Waals surface area contributed by atoms with Crippen molar-refractivity contribution in [3.05, 3.63) is 67.7 Å². The van der Waals surface area contributed by atoms with Gasteiger partial charge < -0.3 is 5.32 Å². The Balaban J connectivity index is 1.90. The van der Waals surface area contributed by atoms with Crippen LogP contribution in [0.25, 0.3) is 0 Å². The molecule has 0 saturated heterocycles. The smallest absolute Gasteiger partial charge is 0.328 e. The van der Waals surface area contributed by atoms with Gasteiger partial charge in [0.2, 0.25) is 11.7 Å². The van der Waals surface area contributed by atoms with Crippen LogP contribution in [0.2, 0.25) is 5.02 Å². The fourth-order valence-corrected chi connectivity index (χ4v) is 2.06. The van der Waals surface area contributed by atoms with Gasteiger partial charge in [0.1, 0.15) is 6.54 Å². The molecule has 22 heavy (non-hydrogen) atoms. The van der Waals surface area contributed by atoms with Gasteiger partial charge in [0, 0.05) is 11.6 Å². The highest BCUT2D eigenvalue weighted by atomic mass is 35.5.